The molecule has 2 atom stereocenters. The minimum Gasteiger partial charge on any atom is -0.338 e. The van der Waals surface area contributed by atoms with Gasteiger partial charge in [-0.15, -0.1) is 11.3 Å². The molecule has 2 heterocycles. The first-order valence-corrected chi connectivity index (χ1v) is 9.41. The smallest absolute Gasteiger partial charge is 0.239 e. The Hall–Kier alpha value is -1.50. The van der Waals surface area contributed by atoms with E-state index in [1.807, 2.05) is 44.1 Å². The average Bonchev–Trinajstić information content (AvgIpc) is 3.02. The van der Waals surface area contributed by atoms with Gasteiger partial charge in [0, 0.05) is 19.6 Å². The molecule has 1 fully saturated rings. The van der Waals surface area contributed by atoms with Crippen molar-refractivity contribution in [3.05, 3.63) is 29.3 Å². The number of benzene rings is 1. The summed E-state index contributed by atoms with van der Waals surface area (Å²) in [5.41, 5.74) is 1.01. The zero-order chi connectivity index (χ0) is 17.1. The van der Waals surface area contributed by atoms with Gasteiger partial charge >= 0.3 is 0 Å². The van der Waals surface area contributed by atoms with E-state index in [1.165, 1.54) is 11.1 Å². The van der Waals surface area contributed by atoms with Gasteiger partial charge in [-0.1, -0.05) is 12.1 Å². The Morgan fingerprint density at radius 3 is 3.04 bits per heavy atom. The number of carbonyl (C=O) groups excluding carboxylic acids is 1. The maximum Gasteiger partial charge on any atom is 0.239 e. The van der Waals surface area contributed by atoms with Crippen LogP contribution in [0.25, 0.3) is 10.2 Å². The highest BCUT2D eigenvalue weighted by molar-refractivity contribution is 7.18. The Bertz CT molecular complexity index is 668. The third-order valence-electron chi connectivity index (χ3n) is 4.85. The molecule has 3 rings (SSSR count). The normalized spacial score (nSPS) is 20.2. The fraction of sp³-hybridized carbons (Fsp3) is 0.556. The number of hydrogen-bond acceptors (Lipinski definition) is 5. The summed E-state index contributed by atoms with van der Waals surface area (Å²) in [5, 5.41) is 4.33. The van der Waals surface area contributed by atoms with Crippen molar-refractivity contribution in [3.63, 3.8) is 0 Å². The number of hydrogen-bond donors (Lipinski definition) is 1. The molecule has 130 valence electrons. The Kier molecular flexibility index (Phi) is 5.48. The van der Waals surface area contributed by atoms with Crippen LogP contribution in [-0.4, -0.2) is 60.0 Å². The maximum absolute atomic E-state index is 12.8. The zero-order valence-electron chi connectivity index (χ0n) is 14.7. The van der Waals surface area contributed by atoms with E-state index in [0.29, 0.717) is 12.6 Å². The number of likely N-dealkylation sites (N-methyl/N-ethyl adjacent to an activating group) is 2. The molecule has 1 N–H and O–H groups in total. The van der Waals surface area contributed by atoms with Crippen LogP contribution in [-0.2, 0) is 11.3 Å². The molecule has 1 aliphatic rings. The topological polar surface area (TPSA) is 48.5 Å². The molecule has 1 aromatic heterocycles. The highest BCUT2D eigenvalue weighted by Crippen LogP contribution is 2.23. The van der Waals surface area contributed by atoms with Crippen LogP contribution in [0.5, 0.6) is 0 Å². The van der Waals surface area contributed by atoms with Crippen molar-refractivity contribution in [2.75, 3.05) is 27.2 Å². The number of piperidine rings is 1. The lowest BCUT2D eigenvalue weighted by Crippen LogP contribution is -2.52. The standard InChI is InChI=1S/C18H26N4OS/c1-13(22-10-6-7-14(11-22)19-2)18(23)21(3)12-17-20-15-8-4-5-9-16(15)24-17/h4-5,8-9,13-14,19H,6-7,10-12H2,1-3H3. The second-order valence-corrected chi connectivity index (χ2v) is 7.68. The molecule has 2 aromatic rings. The maximum atomic E-state index is 12.8. The first kappa shape index (κ1) is 17.3. The van der Waals surface area contributed by atoms with Gasteiger partial charge in [0.1, 0.15) is 5.01 Å². The van der Waals surface area contributed by atoms with E-state index in [0.717, 1.165) is 30.0 Å². The van der Waals surface area contributed by atoms with E-state index < -0.39 is 0 Å². The van der Waals surface area contributed by atoms with Gasteiger partial charge in [0.2, 0.25) is 5.91 Å². The van der Waals surface area contributed by atoms with E-state index in [-0.39, 0.29) is 11.9 Å². The highest BCUT2D eigenvalue weighted by Gasteiger charge is 2.28. The summed E-state index contributed by atoms with van der Waals surface area (Å²) in [7, 11) is 3.88. The Balaban J connectivity index is 1.63. The molecule has 0 saturated carbocycles. The van der Waals surface area contributed by atoms with Crippen LogP contribution < -0.4 is 5.32 Å². The zero-order valence-corrected chi connectivity index (χ0v) is 15.5. The van der Waals surface area contributed by atoms with Gasteiger partial charge in [-0.2, -0.15) is 0 Å². The third kappa shape index (κ3) is 3.77. The van der Waals surface area contributed by atoms with Crippen molar-refractivity contribution in [3.8, 4) is 0 Å². The number of aromatic nitrogens is 1. The molecule has 0 bridgehead atoms. The van der Waals surface area contributed by atoms with Gasteiger partial charge in [-0.3, -0.25) is 9.69 Å². The minimum absolute atomic E-state index is 0.0828. The van der Waals surface area contributed by atoms with Crippen LogP contribution in [0, 0.1) is 0 Å². The Morgan fingerprint density at radius 2 is 2.29 bits per heavy atom. The van der Waals surface area contributed by atoms with Crippen LogP contribution >= 0.6 is 11.3 Å². The second-order valence-electron chi connectivity index (χ2n) is 6.57. The van der Waals surface area contributed by atoms with Crippen molar-refractivity contribution in [2.24, 2.45) is 0 Å². The number of para-hydroxylation sites is 1. The summed E-state index contributed by atoms with van der Waals surface area (Å²) >= 11 is 1.67. The van der Waals surface area contributed by atoms with E-state index >= 15 is 0 Å². The first-order chi connectivity index (χ1) is 11.6. The summed E-state index contributed by atoms with van der Waals surface area (Å²) in [4.78, 5) is 21.5. The van der Waals surface area contributed by atoms with Crippen molar-refractivity contribution in [2.45, 2.75) is 38.4 Å². The summed E-state index contributed by atoms with van der Waals surface area (Å²) in [6, 6.07) is 8.52. The Labute approximate surface area is 147 Å². The van der Waals surface area contributed by atoms with E-state index in [9.17, 15) is 4.79 Å². The predicted molar refractivity (Wildman–Crippen MR) is 99.2 cm³/mol. The molecule has 1 aliphatic heterocycles. The van der Waals surface area contributed by atoms with Gasteiger partial charge in [-0.25, -0.2) is 4.98 Å². The highest BCUT2D eigenvalue weighted by atomic mass is 32.1. The monoisotopic (exact) mass is 346 g/mol. The fourth-order valence-corrected chi connectivity index (χ4v) is 4.36. The molecule has 1 aromatic carbocycles. The minimum atomic E-state index is -0.0828. The van der Waals surface area contributed by atoms with Crippen molar-refractivity contribution < 1.29 is 4.79 Å². The number of fused-ring (bicyclic) bond motifs is 1. The Morgan fingerprint density at radius 1 is 1.50 bits per heavy atom. The molecule has 0 radical (unpaired) electrons. The largest absolute Gasteiger partial charge is 0.338 e. The van der Waals surface area contributed by atoms with Gasteiger partial charge in [0.15, 0.2) is 0 Å². The lowest BCUT2D eigenvalue weighted by Gasteiger charge is -2.37. The number of thiazole rings is 1. The molecule has 24 heavy (non-hydrogen) atoms. The van der Waals surface area contributed by atoms with Gasteiger partial charge in [0.25, 0.3) is 0 Å². The van der Waals surface area contributed by atoms with E-state index in [4.69, 9.17) is 0 Å². The number of nitrogens with one attached hydrogen (secondary N) is 1. The van der Waals surface area contributed by atoms with E-state index in [2.05, 4.69) is 21.3 Å². The molecule has 2 unspecified atom stereocenters. The molecular formula is C18H26N4OS. The molecular weight excluding hydrogens is 320 g/mol. The third-order valence-corrected chi connectivity index (χ3v) is 5.87. The quantitative estimate of drug-likeness (QED) is 0.903. The fourth-order valence-electron chi connectivity index (χ4n) is 3.34. The molecule has 1 amide bonds. The summed E-state index contributed by atoms with van der Waals surface area (Å²) in [6.07, 6.45) is 2.33. The summed E-state index contributed by atoms with van der Waals surface area (Å²) in [6.45, 7) is 4.54. The number of carbonyl (C=O) groups is 1. The van der Waals surface area contributed by atoms with Gasteiger partial charge in [-0.05, 0) is 45.5 Å². The lowest BCUT2D eigenvalue weighted by atomic mass is 10.0. The number of rotatable bonds is 5. The van der Waals surface area contributed by atoms with Crippen molar-refractivity contribution >= 4 is 27.5 Å². The van der Waals surface area contributed by atoms with Crippen molar-refractivity contribution in [1.82, 2.24) is 20.1 Å². The SMILES string of the molecule is CNC1CCCN(C(C)C(=O)N(C)Cc2nc3ccccc3s2)C1. The lowest BCUT2D eigenvalue weighted by molar-refractivity contribution is -0.136. The number of amides is 1. The molecule has 0 spiro atoms. The van der Waals surface area contributed by atoms with Crippen LogP contribution in [0.2, 0.25) is 0 Å². The van der Waals surface area contributed by atoms with Crippen LogP contribution in [0.1, 0.15) is 24.8 Å². The molecule has 1 saturated heterocycles. The summed E-state index contributed by atoms with van der Waals surface area (Å²) in [5.74, 6) is 0.172. The first-order valence-electron chi connectivity index (χ1n) is 8.59. The van der Waals surface area contributed by atoms with Crippen LogP contribution in [0.15, 0.2) is 24.3 Å². The van der Waals surface area contributed by atoms with Crippen LogP contribution in [0.3, 0.4) is 0 Å². The molecule has 0 aliphatic carbocycles. The van der Waals surface area contributed by atoms with Crippen molar-refractivity contribution in [1.29, 1.82) is 0 Å². The number of nitrogens with zero attached hydrogens (tertiary/aromatic N) is 3. The second kappa shape index (κ2) is 7.59. The van der Waals surface area contributed by atoms with E-state index in [1.54, 1.807) is 11.3 Å². The number of likely N-dealkylation sites (tertiary alicyclic amines) is 1. The van der Waals surface area contributed by atoms with Gasteiger partial charge in [0.05, 0.1) is 22.8 Å². The summed E-state index contributed by atoms with van der Waals surface area (Å²) < 4.78 is 1.18. The molecule has 6 heteroatoms. The average molecular weight is 347 g/mol. The van der Waals surface area contributed by atoms with Gasteiger partial charge < -0.3 is 10.2 Å². The predicted octanol–water partition coefficient (Wildman–Crippen LogP) is 2.33. The van der Waals surface area contributed by atoms with Crippen LogP contribution in [0.4, 0.5) is 0 Å². The molecule has 5 nitrogen and oxygen atoms in total.